The molecule has 2 aliphatic heterocycles. The van der Waals surface area contributed by atoms with Crippen LogP contribution in [0.15, 0.2) is 12.4 Å². The van der Waals surface area contributed by atoms with Crippen molar-refractivity contribution in [2.75, 3.05) is 38.6 Å². The van der Waals surface area contributed by atoms with Gasteiger partial charge in [-0.2, -0.15) is 5.10 Å². The van der Waals surface area contributed by atoms with Crippen LogP contribution in [0.3, 0.4) is 0 Å². The zero-order chi connectivity index (χ0) is 18.2. The summed E-state index contributed by atoms with van der Waals surface area (Å²) in [7, 11) is 6.04. The molecule has 138 valence electrons. The smallest absolute Gasteiger partial charge is 0.227 e. The van der Waals surface area contributed by atoms with Gasteiger partial charge in [0.2, 0.25) is 11.8 Å². The average Bonchev–Trinajstić information content (AvgIpc) is 3.01. The lowest BCUT2D eigenvalue weighted by molar-refractivity contribution is -0.139. The maximum atomic E-state index is 13.0. The molecule has 0 N–H and O–H groups in total. The third-order valence-corrected chi connectivity index (χ3v) is 5.99. The minimum absolute atomic E-state index is 0.0795. The molecule has 1 unspecified atom stereocenters. The van der Waals surface area contributed by atoms with E-state index in [-0.39, 0.29) is 23.3 Å². The van der Waals surface area contributed by atoms with Crippen molar-refractivity contribution >= 4 is 17.5 Å². The van der Waals surface area contributed by atoms with Crippen LogP contribution < -0.4 is 4.90 Å². The predicted octanol–water partition coefficient (Wildman–Crippen LogP) is 1.11. The van der Waals surface area contributed by atoms with E-state index in [1.165, 1.54) is 0 Å². The second-order valence-electron chi connectivity index (χ2n) is 7.83. The van der Waals surface area contributed by atoms with Crippen molar-refractivity contribution in [2.24, 2.45) is 13.0 Å². The van der Waals surface area contributed by atoms with Gasteiger partial charge < -0.3 is 14.7 Å². The number of hydrogen-bond acceptors (Lipinski definition) is 4. The van der Waals surface area contributed by atoms with Crippen molar-refractivity contribution in [3.05, 3.63) is 12.4 Å². The normalized spacial score (nSPS) is 24.0. The Morgan fingerprint density at radius 1 is 1.32 bits per heavy atom. The first kappa shape index (κ1) is 17.9. The maximum absolute atomic E-state index is 13.0. The van der Waals surface area contributed by atoms with Gasteiger partial charge in [0.1, 0.15) is 0 Å². The number of hydrogen-bond donors (Lipinski definition) is 0. The van der Waals surface area contributed by atoms with Crippen LogP contribution in [0.1, 0.15) is 32.6 Å². The number of anilines is 1. The third-order valence-electron chi connectivity index (χ3n) is 5.99. The summed E-state index contributed by atoms with van der Waals surface area (Å²) in [4.78, 5) is 31.2. The van der Waals surface area contributed by atoms with Crippen LogP contribution in [-0.2, 0) is 16.6 Å². The second-order valence-corrected chi connectivity index (χ2v) is 7.83. The van der Waals surface area contributed by atoms with E-state index >= 15 is 0 Å². The van der Waals surface area contributed by atoms with Crippen molar-refractivity contribution < 1.29 is 9.59 Å². The highest BCUT2D eigenvalue weighted by Crippen LogP contribution is 2.29. The Hall–Kier alpha value is -1.89. The first-order valence-electron chi connectivity index (χ1n) is 9.05. The molecule has 7 nitrogen and oxygen atoms in total. The minimum atomic E-state index is -0.110. The molecule has 1 aromatic rings. The van der Waals surface area contributed by atoms with Crippen LogP contribution in [0.5, 0.6) is 0 Å². The summed E-state index contributed by atoms with van der Waals surface area (Å²) in [5.74, 6) is 0.166. The quantitative estimate of drug-likeness (QED) is 0.822. The van der Waals surface area contributed by atoms with E-state index < -0.39 is 0 Å². The van der Waals surface area contributed by atoms with Crippen molar-refractivity contribution in [3.8, 4) is 0 Å². The zero-order valence-corrected chi connectivity index (χ0v) is 15.7. The highest BCUT2D eigenvalue weighted by molar-refractivity contribution is 5.96. The summed E-state index contributed by atoms with van der Waals surface area (Å²) >= 11 is 0. The summed E-state index contributed by atoms with van der Waals surface area (Å²) < 4.78 is 1.68. The molecule has 3 heterocycles. The third kappa shape index (κ3) is 3.56. The average molecular weight is 347 g/mol. The first-order valence-corrected chi connectivity index (χ1v) is 9.05. The molecular formula is C18H29N5O2. The van der Waals surface area contributed by atoms with Gasteiger partial charge in [-0.3, -0.25) is 14.3 Å². The van der Waals surface area contributed by atoms with Crippen LogP contribution in [0.4, 0.5) is 5.69 Å². The molecular weight excluding hydrogens is 318 g/mol. The van der Waals surface area contributed by atoms with Crippen LogP contribution in [-0.4, -0.2) is 70.7 Å². The van der Waals surface area contributed by atoms with Gasteiger partial charge in [0.05, 0.1) is 17.8 Å². The lowest BCUT2D eigenvalue weighted by atomic mass is 9.87. The molecule has 0 bridgehead atoms. The topological polar surface area (TPSA) is 61.7 Å². The fraction of sp³-hybridized carbons (Fsp3) is 0.722. The lowest BCUT2D eigenvalue weighted by Crippen LogP contribution is -2.54. The molecule has 1 aromatic heterocycles. The fourth-order valence-electron chi connectivity index (χ4n) is 3.76. The first-order chi connectivity index (χ1) is 11.8. The van der Waals surface area contributed by atoms with Gasteiger partial charge in [0.15, 0.2) is 0 Å². The predicted molar refractivity (Wildman–Crippen MR) is 96.2 cm³/mol. The molecule has 2 fully saturated rings. The molecule has 0 saturated carbocycles. The number of aromatic nitrogens is 2. The van der Waals surface area contributed by atoms with Crippen LogP contribution in [0.25, 0.3) is 0 Å². The molecule has 1 atom stereocenters. The number of rotatable bonds is 3. The number of aryl methyl sites for hydroxylation is 1. The summed E-state index contributed by atoms with van der Waals surface area (Å²) in [6, 6.07) is 0. The van der Waals surface area contributed by atoms with Crippen molar-refractivity contribution in [1.82, 2.24) is 19.6 Å². The van der Waals surface area contributed by atoms with Gasteiger partial charge in [0, 0.05) is 44.8 Å². The van der Waals surface area contributed by atoms with E-state index in [1.54, 1.807) is 15.8 Å². The van der Waals surface area contributed by atoms with Crippen LogP contribution in [0, 0.1) is 5.92 Å². The molecule has 2 aliphatic rings. The van der Waals surface area contributed by atoms with Crippen molar-refractivity contribution in [2.45, 2.75) is 38.1 Å². The standard InChI is InChI=1S/C18H29N5O2/c1-18(20(2)3)7-9-22(10-8-18)17(25)14-5-6-16(24)23(12-14)15-11-19-21(4)13-15/h11,13-14H,5-10,12H2,1-4H3. The Bertz CT molecular complexity index is 646. The number of likely N-dealkylation sites (tertiary alicyclic amines) is 1. The van der Waals surface area contributed by atoms with E-state index in [9.17, 15) is 9.59 Å². The Morgan fingerprint density at radius 2 is 2.00 bits per heavy atom. The molecule has 0 radical (unpaired) electrons. The Kier molecular flexibility index (Phi) is 4.86. The van der Waals surface area contributed by atoms with E-state index in [0.29, 0.717) is 19.4 Å². The molecule has 2 saturated heterocycles. The number of carbonyl (C=O) groups is 2. The molecule has 2 amide bonds. The van der Waals surface area contributed by atoms with Gasteiger partial charge in [-0.1, -0.05) is 0 Å². The summed E-state index contributed by atoms with van der Waals surface area (Å²) in [6.07, 6.45) is 6.57. The van der Waals surface area contributed by atoms with E-state index in [4.69, 9.17) is 0 Å². The minimum Gasteiger partial charge on any atom is -0.342 e. The highest BCUT2D eigenvalue weighted by Gasteiger charge is 2.38. The van der Waals surface area contributed by atoms with Crippen molar-refractivity contribution in [1.29, 1.82) is 0 Å². The van der Waals surface area contributed by atoms with Crippen LogP contribution >= 0.6 is 0 Å². The van der Waals surface area contributed by atoms with Crippen molar-refractivity contribution in [3.63, 3.8) is 0 Å². The van der Waals surface area contributed by atoms with Gasteiger partial charge in [-0.15, -0.1) is 0 Å². The van der Waals surface area contributed by atoms with Gasteiger partial charge in [-0.25, -0.2) is 0 Å². The molecule has 0 aliphatic carbocycles. The summed E-state index contributed by atoms with van der Waals surface area (Å²) in [6.45, 7) is 4.32. The summed E-state index contributed by atoms with van der Waals surface area (Å²) in [5.41, 5.74) is 0.949. The lowest BCUT2D eigenvalue weighted by Gasteiger charge is -2.45. The van der Waals surface area contributed by atoms with Gasteiger partial charge >= 0.3 is 0 Å². The number of piperidine rings is 2. The molecule has 3 rings (SSSR count). The van der Waals surface area contributed by atoms with E-state index in [0.717, 1.165) is 31.6 Å². The van der Waals surface area contributed by atoms with Gasteiger partial charge in [0.25, 0.3) is 0 Å². The van der Waals surface area contributed by atoms with E-state index in [2.05, 4.69) is 31.0 Å². The number of carbonyl (C=O) groups excluding carboxylic acids is 2. The fourth-order valence-corrected chi connectivity index (χ4v) is 3.76. The molecule has 7 heteroatoms. The van der Waals surface area contributed by atoms with E-state index in [1.807, 2.05) is 18.1 Å². The zero-order valence-electron chi connectivity index (χ0n) is 15.7. The molecule has 25 heavy (non-hydrogen) atoms. The largest absolute Gasteiger partial charge is 0.342 e. The van der Waals surface area contributed by atoms with Gasteiger partial charge in [-0.05, 0) is 40.3 Å². The Labute approximate surface area is 149 Å². The second kappa shape index (κ2) is 6.78. The monoisotopic (exact) mass is 347 g/mol. The highest BCUT2D eigenvalue weighted by atomic mass is 16.2. The number of amides is 2. The SMILES string of the molecule is CN(C)C1(C)CCN(C(=O)C2CCC(=O)N(c3cnn(C)c3)C2)CC1. The Balaban J connectivity index is 1.64. The maximum Gasteiger partial charge on any atom is 0.227 e. The van der Waals surface area contributed by atoms with Crippen LogP contribution in [0.2, 0.25) is 0 Å². The number of nitrogens with zero attached hydrogens (tertiary/aromatic N) is 5. The summed E-state index contributed by atoms with van der Waals surface area (Å²) in [5, 5.41) is 4.14. The Morgan fingerprint density at radius 3 is 2.56 bits per heavy atom. The molecule has 0 aromatic carbocycles. The molecule has 0 spiro atoms.